The van der Waals surface area contributed by atoms with Crippen molar-refractivity contribution in [1.29, 1.82) is 0 Å². The number of piperidine rings is 1. The van der Waals surface area contributed by atoms with Gasteiger partial charge in [-0.05, 0) is 45.4 Å². The molecule has 0 atom stereocenters. The van der Waals surface area contributed by atoms with Gasteiger partial charge in [0.15, 0.2) is 5.79 Å². The number of hydrogen-bond acceptors (Lipinski definition) is 5. The lowest BCUT2D eigenvalue weighted by molar-refractivity contribution is -0.192. The van der Waals surface area contributed by atoms with Gasteiger partial charge in [0, 0.05) is 45.1 Å². The molecule has 1 aliphatic carbocycles. The molecule has 0 unspecified atom stereocenters. The summed E-state index contributed by atoms with van der Waals surface area (Å²) in [4.78, 5) is 16.8. The van der Waals surface area contributed by atoms with Gasteiger partial charge >= 0.3 is 6.09 Å². The van der Waals surface area contributed by atoms with Crippen LogP contribution in [0.3, 0.4) is 0 Å². The molecule has 6 nitrogen and oxygen atoms in total. The minimum atomic E-state index is -0.414. The van der Waals surface area contributed by atoms with Crippen LogP contribution in [0, 0.1) is 5.41 Å². The standard InChI is InChI=1S/C19H32N2O4/c1-17(2,3)25-16(22)21-7-4-18(14-21)12-15(13-18)20-8-5-19(6-9-20)23-10-11-24-19/h15H,4-14H2,1-3H3. The van der Waals surface area contributed by atoms with Crippen molar-refractivity contribution in [3.63, 3.8) is 0 Å². The summed E-state index contributed by atoms with van der Waals surface area (Å²) in [5.74, 6) is -0.279. The number of nitrogens with zero attached hydrogens (tertiary/aromatic N) is 2. The van der Waals surface area contributed by atoms with Crippen molar-refractivity contribution in [2.24, 2.45) is 5.41 Å². The summed E-state index contributed by atoms with van der Waals surface area (Å²) in [6.45, 7) is 11.1. The third kappa shape index (κ3) is 3.53. The molecule has 4 fully saturated rings. The number of amides is 1. The van der Waals surface area contributed by atoms with Crippen molar-refractivity contribution in [2.75, 3.05) is 39.4 Å². The van der Waals surface area contributed by atoms with Crippen LogP contribution in [0.5, 0.6) is 0 Å². The van der Waals surface area contributed by atoms with E-state index >= 15 is 0 Å². The molecular weight excluding hydrogens is 320 g/mol. The number of rotatable bonds is 1. The summed E-state index contributed by atoms with van der Waals surface area (Å²) in [6, 6.07) is 0.664. The SMILES string of the molecule is CC(C)(C)OC(=O)N1CCC2(CC(N3CCC4(CC3)OCCO4)C2)C1. The highest BCUT2D eigenvalue weighted by Gasteiger charge is 2.52. The van der Waals surface area contributed by atoms with Gasteiger partial charge in [-0.3, -0.25) is 4.90 Å². The first-order valence-electron chi connectivity index (χ1n) is 9.78. The molecule has 0 aromatic heterocycles. The molecule has 142 valence electrons. The largest absolute Gasteiger partial charge is 0.444 e. The van der Waals surface area contributed by atoms with Gasteiger partial charge in [-0.25, -0.2) is 4.79 Å². The molecule has 1 saturated carbocycles. The lowest BCUT2D eigenvalue weighted by Crippen LogP contribution is -2.56. The summed E-state index contributed by atoms with van der Waals surface area (Å²) < 4.78 is 17.2. The second kappa shape index (κ2) is 6.10. The molecule has 0 aromatic carbocycles. The van der Waals surface area contributed by atoms with E-state index in [2.05, 4.69) is 4.90 Å². The molecule has 3 saturated heterocycles. The van der Waals surface area contributed by atoms with Crippen LogP contribution in [0.25, 0.3) is 0 Å². The molecular formula is C19H32N2O4. The molecule has 3 heterocycles. The normalized spacial score (nSPS) is 35.3. The van der Waals surface area contributed by atoms with Gasteiger partial charge in [-0.2, -0.15) is 0 Å². The molecule has 6 heteroatoms. The zero-order valence-corrected chi connectivity index (χ0v) is 15.9. The van der Waals surface area contributed by atoms with Crippen molar-refractivity contribution in [3.8, 4) is 0 Å². The fourth-order valence-electron chi connectivity index (χ4n) is 4.96. The van der Waals surface area contributed by atoms with E-state index in [0.717, 1.165) is 58.7 Å². The molecule has 1 amide bonds. The molecule has 0 radical (unpaired) electrons. The Kier molecular flexibility index (Phi) is 4.28. The van der Waals surface area contributed by atoms with Crippen molar-refractivity contribution in [2.45, 2.75) is 70.3 Å². The lowest BCUT2D eigenvalue weighted by atomic mass is 9.64. The minimum Gasteiger partial charge on any atom is -0.444 e. The minimum absolute atomic E-state index is 0.150. The molecule has 0 bridgehead atoms. The van der Waals surface area contributed by atoms with Gasteiger partial charge in [-0.1, -0.05) is 0 Å². The van der Waals surface area contributed by atoms with Crippen LogP contribution in [0.2, 0.25) is 0 Å². The maximum Gasteiger partial charge on any atom is 0.410 e. The highest BCUT2D eigenvalue weighted by molar-refractivity contribution is 5.68. The van der Waals surface area contributed by atoms with Crippen molar-refractivity contribution in [1.82, 2.24) is 9.80 Å². The van der Waals surface area contributed by atoms with E-state index in [1.54, 1.807) is 0 Å². The Labute approximate surface area is 150 Å². The third-order valence-electron chi connectivity index (χ3n) is 6.32. The first kappa shape index (κ1) is 17.6. The smallest absolute Gasteiger partial charge is 0.410 e. The Morgan fingerprint density at radius 3 is 2.28 bits per heavy atom. The van der Waals surface area contributed by atoms with Gasteiger partial charge in [0.1, 0.15) is 5.60 Å². The van der Waals surface area contributed by atoms with Gasteiger partial charge in [0.2, 0.25) is 0 Å². The number of likely N-dealkylation sites (tertiary alicyclic amines) is 2. The van der Waals surface area contributed by atoms with Gasteiger partial charge in [0.05, 0.1) is 13.2 Å². The molecule has 2 spiro atoms. The molecule has 4 rings (SSSR count). The van der Waals surface area contributed by atoms with E-state index < -0.39 is 5.60 Å². The van der Waals surface area contributed by atoms with E-state index in [-0.39, 0.29) is 11.9 Å². The Morgan fingerprint density at radius 2 is 1.68 bits per heavy atom. The van der Waals surface area contributed by atoms with Crippen LogP contribution in [0.15, 0.2) is 0 Å². The highest BCUT2D eigenvalue weighted by atomic mass is 16.7. The molecule has 4 aliphatic rings. The van der Waals surface area contributed by atoms with E-state index in [0.29, 0.717) is 11.5 Å². The fraction of sp³-hybridized carbons (Fsp3) is 0.947. The Balaban J connectivity index is 1.24. The molecule has 25 heavy (non-hydrogen) atoms. The van der Waals surface area contributed by atoms with Crippen LogP contribution >= 0.6 is 0 Å². The Bertz CT molecular complexity index is 508. The van der Waals surface area contributed by atoms with Crippen molar-refractivity contribution >= 4 is 6.09 Å². The second-order valence-electron chi connectivity index (χ2n) is 9.36. The van der Waals surface area contributed by atoms with Crippen LogP contribution in [-0.4, -0.2) is 72.7 Å². The summed E-state index contributed by atoms with van der Waals surface area (Å²) >= 11 is 0. The van der Waals surface area contributed by atoms with Gasteiger partial charge in [-0.15, -0.1) is 0 Å². The van der Waals surface area contributed by atoms with Crippen LogP contribution in [0.1, 0.15) is 52.9 Å². The van der Waals surface area contributed by atoms with Crippen molar-refractivity contribution in [3.05, 3.63) is 0 Å². The number of ether oxygens (including phenoxy) is 3. The van der Waals surface area contributed by atoms with Gasteiger partial charge in [0.25, 0.3) is 0 Å². The third-order valence-corrected chi connectivity index (χ3v) is 6.32. The second-order valence-corrected chi connectivity index (χ2v) is 9.36. The average Bonchev–Trinajstić information content (AvgIpc) is 3.13. The highest BCUT2D eigenvalue weighted by Crippen LogP contribution is 2.51. The van der Waals surface area contributed by atoms with Crippen LogP contribution < -0.4 is 0 Å². The first-order valence-corrected chi connectivity index (χ1v) is 9.78. The Morgan fingerprint density at radius 1 is 1.04 bits per heavy atom. The first-order chi connectivity index (χ1) is 11.8. The van der Waals surface area contributed by atoms with Crippen LogP contribution in [-0.2, 0) is 14.2 Å². The zero-order valence-electron chi connectivity index (χ0n) is 15.9. The predicted molar refractivity (Wildman–Crippen MR) is 93.3 cm³/mol. The fourth-order valence-corrected chi connectivity index (χ4v) is 4.96. The quantitative estimate of drug-likeness (QED) is 0.726. The van der Waals surface area contributed by atoms with Crippen LogP contribution in [0.4, 0.5) is 4.79 Å². The number of carbonyl (C=O) groups is 1. The average molecular weight is 352 g/mol. The maximum atomic E-state index is 12.3. The molecule has 0 aromatic rings. The predicted octanol–water partition coefficient (Wildman–Crippen LogP) is 2.61. The molecule has 3 aliphatic heterocycles. The zero-order chi connectivity index (χ0) is 17.7. The summed E-state index contributed by atoms with van der Waals surface area (Å²) in [6.07, 6.45) is 5.36. The molecule has 0 N–H and O–H groups in total. The summed E-state index contributed by atoms with van der Waals surface area (Å²) in [7, 11) is 0. The summed E-state index contributed by atoms with van der Waals surface area (Å²) in [5, 5.41) is 0. The van der Waals surface area contributed by atoms with E-state index in [9.17, 15) is 4.79 Å². The topological polar surface area (TPSA) is 51.2 Å². The lowest BCUT2D eigenvalue weighted by Gasteiger charge is -2.52. The van der Waals surface area contributed by atoms with E-state index in [1.165, 1.54) is 12.8 Å². The maximum absolute atomic E-state index is 12.3. The monoisotopic (exact) mass is 352 g/mol. The Hall–Kier alpha value is -0.850. The van der Waals surface area contributed by atoms with E-state index in [1.807, 2.05) is 25.7 Å². The van der Waals surface area contributed by atoms with E-state index in [4.69, 9.17) is 14.2 Å². The number of carbonyl (C=O) groups excluding carboxylic acids is 1. The van der Waals surface area contributed by atoms with Gasteiger partial charge < -0.3 is 19.1 Å². The number of hydrogen-bond donors (Lipinski definition) is 0. The van der Waals surface area contributed by atoms with Crippen molar-refractivity contribution < 1.29 is 19.0 Å². The summed E-state index contributed by atoms with van der Waals surface area (Å²) in [5.41, 5.74) is -0.0831.